The first-order valence-corrected chi connectivity index (χ1v) is 10.1. The van der Waals surface area contributed by atoms with E-state index in [1.165, 1.54) is 11.1 Å². The second-order valence-corrected chi connectivity index (χ2v) is 7.07. The van der Waals surface area contributed by atoms with Gasteiger partial charge in [0, 0.05) is 6.42 Å². The van der Waals surface area contributed by atoms with E-state index < -0.39 is 11.4 Å². The van der Waals surface area contributed by atoms with Gasteiger partial charge in [0.05, 0.1) is 6.61 Å². The maximum atomic E-state index is 14.7. The molecule has 0 unspecified atom stereocenters. The van der Waals surface area contributed by atoms with E-state index in [1.807, 2.05) is 0 Å². The van der Waals surface area contributed by atoms with Crippen molar-refractivity contribution in [3.05, 3.63) is 75.6 Å². The van der Waals surface area contributed by atoms with Crippen molar-refractivity contribution in [3.8, 4) is 5.75 Å². The molecular weight excluding hydrogens is 355 g/mol. The first-order valence-electron chi connectivity index (χ1n) is 10.1. The lowest BCUT2D eigenvalue weighted by atomic mass is 10.0. The molecule has 0 fully saturated rings. The number of hydrogen-bond acceptors (Lipinski definition) is 3. The van der Waals surface area contributed by atoms with Crippen LogP contribution in [-0.4, -0.2) is 6.61 Å². The molecule has 1 heterocycles. The van der Waals surface area contributed by atoms with Crippen molar-refractivity contribution in [2.75, 3.05) is 6.61 Å². The zero-order valence-corrected chi connectivity index (χ0v) is 16.6. The molecule has 0 radical (unpaired) electrons. The van der Waals surface area contributed by atoms with E-state index in [4.69, 9.17) is 9.15 Å². The fourth-order valence-corrected chi connectivity index (χ4v) is 3.25. The van der Waals surface area contributed by atoms with Gasteiger partial charge in [-0.1, -0.05) is 57.0 Å². The third-order valence-corrected chi connectivity index (χ3v) is 4.98. The van der Waals surface area contributed by atoms with Crippen LogP contribution in [0.1, 0.15) is 50.0 Å². The van der Waals surface area contributed by atoms with E-state index >= 15 is 0 Å². The van der Waals surface area contributed by atoms with E-state index in [0.29, 0.717) is 24.2 Å². The maximum absolute atomic E-state index is 14.7. The number of fused-ring (bicyclic) bond motifs is 1. The first kappa shape index (κ1) is 20.1. The summed E-state index contributed by atoms with van der Waals surface area (Å²) in [7, 11) is 0. The number of halogens is 1. The molecule has 0 atom stereocenters. The second kappa shape index (κ2) is 9.54. The Morgan fingerprint density at radius 1 is 0.964 bits per heavy atom. The van der Waals surface area contributed by atoms with Gasteiger partial charge in [-0.3, -0.25) is 0 Å². The highest BCUT2D eigenvalue weighted by Crippen LogP contribution is 2.25. The van der Waals surface area contributed by atoms with Crippen LogP contribution >= 0.6 is 0 Å². The van der Waals surface area contributed by atoms with Gasteiger partial charge in [0.15, 0.2) is 11.6 Å². The van der Waals surface area contributed by atoms with Crippen LogP contribution in [0.2, 0.25) is 0 Å². The van der Waals surface area contributed by atoms with Gasteiger partial charge in [-0.05, 0) is 47.9 Å². The molecule has 0 bridgehead atoms. The molecule has 0 spiro atoms. The molecule has 0 aliphatic heterocycles. The zero-order chi connectivity index (χ0) is 19.9. The number of ether oxygens (including phenoxy) is 1. The van der Waals surface area contributed by atoms with Crippen LogP contribution in [0.4, 0.5) is 4.39 Å². The Labute approximate surface area is 165 Å². The Balaban J connectivity index is 1.75. The summed E-state index contributed by atoms with van der Waals surface area (Å²) in [5.41, 5.74) is 1.83. The summed E-state index contributed by atoms with van der Waals surface area (Å²) in [6.45, 7) is 4.66. The predicted octanol–water partition coefficient (Wildman–Crippen LogP) is 5.85. The van der Waals surface area contributed by atoms with Crippen LogP contribution in [0.25, 0.3) is 10.8 Å². The highest BCUT2D eigenvalue weighted by atomic mass is 19.1. The summed E-state index contributed by atoms with van der Waals surface area (Å²) >= 11 is 0. The predicted molar refractivity (Wildman–Crippen MR) is 111 cm³/mol. The van der Waals surface area contributed by atoms with Gasteiger partial charge in [-0.2, -0.15) is 0 Å². The van der Waals surface area contributed by atoms with E-state index in [9.17, 15) is 9.18 Å². The van der Waals surface area contributed by atoms with Crippen LogP contribution < -0.4 is 10.4 Å². The Kier molecular flexibility index (Phi) is 6.85. The van der Waals surface area contributed by atoms with E-state index in [1.54, 1.807) is 18.2 Å². The molecule has 0 saturated carbocycles. The van der Waals surface area contributed by atoms with Gasteiger partial charge in [-0.25, -0.2) is 9.18 Å². The number of hydrogen-bond donors (Lipinski definition) is 0. The Morgan fingerprint density at radius 2 is 1.71 bits per heavy atom. The lowest BCUT2D eigenvalue weighted by molar-refractivity contribution is 0.292. The van der Waals surface area contributed by atoms with E-state index in [-0.39, 0.29) is 11.1 Å². The van der Waals surface area contributed by atoms with Crippen molar-refractivity contribution in [2.45, 2.75) is 52.4 Å². The Hall–Kier alpha value is -2.62. The van der Waals surface area contributed by atoms with Crippen molar-refractivity contribution in [1.29, 1.82) is 0 Å². The molecule has 0 aliphatic rings. The standard InChI is InChI=1S/C24H27FO3/c1-3-5-6-15-27-21-14-12-19-16-20(28-24(26)22(19)23(21)25)13-11-18-9-7-17(4-2)8-10-18/h7-10,12,14,16H,3-6,11,13,15H2,1-2H3. The van der Waals surface area contributed by atoms with Crippen molar-refractivity contribution in [2.24, 2.45) is 0 Å². The smallest absolute Gasteiger partial charge is 0.346 e. The van der Waals surface area contributed by atoms with Crippen LogP contribution in [0.15, 0.2) is 51.7 Å². The molecule has 2 aromatic carbocycles. The summed E-state index contributed by atoms with van der Waals surface area (Å²) in [6.07, 6.45) is 5.32. The van der Waals surface area contributed by atoms with Gasteiger partial charge in [-0.15, -0.1) is 0 Å². The lowest BCUT2D eigenvalue weighted by Gasteiger charge is -2.09. The quantitative estimate of drug-likeness (QED) is 0.436. The minimum atomic E-state index is -0.648. The molecular formula is C24H27FO3. The number of aryl methyl sites for hydroxylation is 3. The molecule has 3 rings (SSSR count). The molecule has 148 valence electrons. The minimum Gasteiger partial charge on any atom is -0.490 e. The molecule has 1 aromatic heterocycles. The summed E-state index contributed by atoms with van der Waals surface area (Å²) in [5, 5.41) is 0.509. The first-order chi connectivity index (χ1) is 13.6. The van der Waals surface area contributed by atoms with E-state index in [2.05, 4.69) is 38.1 Å². The topological polar surface area (TPSA) is 39.4 Å². The van der Waals surface area contributed by atoms with Gasteiger partial charge >= 0.3 is 5.63 Å². The fraction of sp³-hybridized carbons (Fsp3) is 0.375. The molecule has 0 N–H and O–H groups in total. The van der Waals surface area contributed by atoms with Crippen molar-refractivity contribution >= 4 is 10.8 Å². The van der Waals surface area contributed by atoms with Crippen LogP contribution in [0.3, 0.4) is 0 Å². The SMILES string of the molecule is CCCCCOc1ccc2cc(CCc3ccc(CC)cc3)oc(=O)c2c1F. The van der Waals surface area contributed by atoms with Crippen molar-refractivity contribution in [1.82, 2.24) is 0 Å². The zero-order valence-electron chi connectivity index (χ0n) is 16.6. The minimum absolute atomic E-state index is 0.0379. The number of unbranched alkanes of at least 4 members (excludes halogenated alkanes) is 2. The summed E-state index contributed by atoms with van der Waals surface area (Å²) in [4.78, 5) is 12.4. The van der Waals surface area contributed by atoms with Crippen molar-refractivity contribution < 1.29 is 13.5 Å². The fourth-order valence-electron chi connectivity index (χ4n) is 3.25. The lowest BCUT2D eigenvalue weighted by Crippen LogP contribution is -2.07. The molecule has 28 heavy (non-hydrogen) atoms. The van der Waals surface area contributed by atoms with Crippen LogP contribution in [0, 0.1) is 5.82 Å². The third kappa shape index (κ3) is 4.80. The summed E-state index contributed by atoms with van der Waals surface area (Å²) < 4.78 is 25.6. The maximum Gasteiger partial charge on any atom is 0.346 e. The van der Waals surface area contributed by atoms with E-state index in [0.717, 1.165) is 32.1 Å². The van der Waals surface area contributed by atoms with Gasteiger partial charge < -0.3 is 9.15 Å². The Bertz CT molecular complexity index is 974. The highest BCUT2D eigenvalue weighted by molar-refractivity contribution is 5.83. The largest absolute Gasteiger partial charge is 0.490 e. The number of rotatable bonds is 9. The highest BCUT2D eigenvalue weighted by Gasteiger charge is 2.14. The van der Waals surface area contributed by atoms with Crippen molar-refractivity contribution in [3.63, 3.8) is 0 Å². The number of benzene rings is 2. The summed E-state index contributed by atoms with van der Waals surface area (Å²) in [5.74, 6) is 0.0391. The third-order valence-electron chi connectivity index (χ3n) is 4.98. The van der Waals surface area contributed by atoms with Crippen LogP contribution in [0.5, 0.6) is 5.75 Å². The molecule has 3 nitrogen and oxygen atoms in total. The second-order valence-electron chi connectivity index (χ2n) is 7.07. The molecule has 4 heteroatoms. The molecule has 0 aliphatic carbocycles. The average molecular weight is 382 g/mol. The Morgan fingerprint density at radius 3 is 2.43 bits per heavy atom. The summed E-state index contributed by atoms with van der Waals surface area (Å²) in [6, 6.07) is 13.5. The van der Waals surface area contributed by atoms with Crippen LogP contribution in [-0.2, 0) is 19.3 Å². The van der Waals surface area contributed by atoms with Gasteiger partial charge in [0.1, 0.15) is 11.1 Å². The van der Waals surface area contributed by atoms with Gasteiger partial charge in [0.2, 0.25) is 0 Å². The average Bonchev–Trinajstić information content (AvgIpc) is 2.71. The van der Waals surface area contributed by atoms with Gasteiger partial charge in [0.25, 0.3) is 0 Å². The molecule has 3 aromatic rings. The normalized spacial score (nSPS) is 11.1. The molecule has 0 saturated heterocycles. The monoisotopic (exact) mass is 382 g/mol. The molecule has 0 amide bonds.